The van der Waals surface area contributed by atoms with Gasteiger partial charge in [-0.2, -0.15) is 0 Å². The van der Waals surface area contributed by atoms with Gasteiger partial charge in [-0.3, -0.25) is 4.79 Å². The Morgan fingerprint density at radius 2 is 2.22 bits per heavy atom. The number of carboxylic acids is 1. The summed E-state index contributed by atoms with van der Waals surface area (Å²) in [5.74, 6) is -1.31. The third-order valence-electron chi connectivity index (χ3n) is 2.93. The van der Waals surface area contributed by atoms with E-state index in [1.165, 1.54) is 6.07 Å². The number of carbonyl (C=O) groups is 2. The van der Waals surface area contributed by atoms with Gasteiger partial charge in [-0.15, -0.1) is 0 Å². The number of rotatable bonds is 3. The van der Waals surface area contributed by atoms with Gasteiger partial charge in [-0.05, 0) is 19.4 Å². The summed E-state index contributed by atoms with van der Waals surface area (Å²) in [4.78, 5) is 31.9. The Morgan fingerprint density at radius 1 is 1.50 bits per heavy atom. The number of carboxylic acid groups (broad SMARTS) is 1. The average molecular weight is 250 g/mol. The topological polar surface area (TPSA) is 109 Å². The lowest BCUT2D eigenvalue weighted by atomic mass is 10.1. The number of aromatic nitrogens is 2. The highest BCUT2D eigenvalue weighted by molar-refractivity contribution is 5.85. The van der Waals surface area contributed by atoms with Crippen LogP contribution in [0.15, 0.2) is 6.07 Å². The summed E-state index contributed by atoms with van der Waals surface area (Å²) in [5, 5.41) is 8.93. The summed E-state index contributed by atoms with van der Waals surface area (Å²) in [7, 11) is 0. The van der Waals surface area contributed by atoms with E-state index in [4.69, 9.17) is 10.8 Å². The monoisotopic (exact) mass is 250 g/mol. The Bertz CT molecular complexity index is 503. The summed E-state index contributed by atoms with van der Waals surface area (Å²) in [6, 6.07) is 1.41. The fourth-order valence-electron chi connectivity index (χ4n) is 1.98. The van der Waals surface area contributed by atoms with Crippen LogP contribution in [0.3, 0.4) is 0 Å². The van der Waals surface area contributed by atoms with E-state index in [2.05, 4.69) is 9.97 Å². The number of hydrogen-bond donors (Lipinski definition) is 2. The van der Waals surface area contributed by atoms with Crippen molar-refractivity contribution in [2.24, 2.45) is 11.7 Å². The van der Waals surface area contributed by atoms with Crippen molar-refractivity contribution in [1.82, 2.24) is 9.97 Å². The Hall–Kier alpha value is -2.18. The van der Waals surface area contributed by atoms with Gasteiger partial charge in [-0.25, -0.2) is 14.8 Å². The molecular weight excluding hydrogens is 236 g/mol. The van der Waals surface area contributed by atoms with E-state index in [1.807, 2.05) is 0 Å². The van der Waals surface area contributed by atoms with E-state index in [-0.39, 0.29) is 17.5 Å². The van der Waals surface area contributed by atoms with E-state index in [0.29, 0.717) is 31.2 Å². The smallest absolute Gasteiger partial charge is 0.354 e. The maximum atomic E-state index is 11.1. The third-order valence-corrected chi connectivity index (χ3v) is 2.93. The predicted molar refractivity (Wildman–Crippen MR) is 63.2 cm³/mol. The van der Waals surface area contributed by atoms with Crippen LogP contribution < -0.4 is 10.6 Å². The number of carbonyl (C=O) groups excluding carboxylic acids is 1. The van der Waals surface area contributed by atoms with Crippen LogP contribution in [-0.4, -0.2) is 40.0 Å². The zero-order valence-electron chi connectivity index (χ0n) is 9.96. The molecule has 1 saturated heterocycles. The normalized spacial score (nSPS) is 18.9. The minimum absolute atomic E-state index is 0.0416. The van der Waals surface area contributed by atoms with E-state index in [0.717, 1.165) is 0 Å². The molecule has 0 bridgehead atoms. The van der Waals surface area contributed by atoms with E-state index in [1.54, 1.807) is 11.8 Å². The van der Waals surface area contributed by atoms with Crippen LogP contribution in [0, 0.1) is 12.8 Å². The maximum Gasteiger partial charge on any atom is 0.354 e. The summed E-state index contributed by atoms with van der Waals surface area (Å²) >= 11 is 0. The number of hydrogen-bond acceptors (Lipinski definition) is 5. The Morgan fingerprint density at radius 3 is 2.78 bits per heavy atom. The molecule has 96 valence electrons. The van der Waals surface area contributed by atoms with Gasteiger partial charge < -0.3 is 15.7 Å². The zero-order chi connectivity index (χ0) is 13.3. The van der Waals surface area contributed by atoms with Crippen molar-refractivity contribution < 1.29 is 14.7 Å². The van der Waals surface area contributed by atoms with Crippen LogP contribution in [0.25, 0.3) is 0 Å². The highest BCUT2D eigenvalue weighted by atomic mass is 16.4. The molecule has 1 amide bonds. The number of aryl methyl sites for hydroxylation is 1. The van der Waals surface area contributed by atoms with Gasteiger partial charge in [0.25, 0.3) is 0 Å². The van der Waals surface area contributed by atoms with Crippen LogP contribution in [0.2, 0.25) is 0 Å². The molecule has 1 fully saturated rings. The van der Waals surface area contributed by atoms with E-state index in [9.17, 15) is 9.59 Å². The second kappa shape index (κ2) is 4.59. The van der Waals surface area contributed by atoms with Crippen LogP contribution in [0.1, 0.15) is 22.6 Å². The second-order valence-electron chi connectivity index (χ2n) is 4.33. The molecule has 18 heavy (non-hydrogen) atoms. The molecule has 3 N–H and O–H groups in total. The first-order valence-corrected chi connectivity index (χ1v) is 5.60. The molecule has 1 atom stereocenters. The Kier molecular flexibility index (Phi) is 3.14. The lowest BCUT2D eigenvalue weighted by molar-refractivity contribution is -0.121. The number of nitrogens with zero attached hydrogens (tertiary/aromatic N) is 3. The van der Waals surface area contributed by atoms with Gasteiger partial charge in [0.2, 0.25) is 11.9 Å². The highest BCUT2D eigenvalue weighted by Gasteiger charge is 2.28. The number of amides is 1. The molecule has 0 spiro atoms. The first kappa shape index (κ1) is 12.3. The summed E-state index contributed by atoms with van der Waals surface area (Å²) in [6.07, 6.45) is 0.648. The van der Waals surface area contributed by atoms with Gasteiger partial charge in [0.15, 0.2) is 5.69 Å². The summed E-state index contributed by atoms with van der Waals surface area (Å²) in [6.45, 7) is 2.76. The molecule has 2 rings (SSSR count). The van der Waals surface area contributed by atoms with Crippen LogP contribution in [-0.2, 0) is 4.79 Å². The highest BCUT2D eigenvalue weighted by Crippen LogP contribution is 2.21. The van der Waals surface area contributed by atoms with E-state index < -0.39 is 5.97 Å². The van der Waals surface area contributed by atoms with Crippen molar-refractivity contribution >= 4 is 17.8 Å². The van der Waals surface area contributed by atoms with Gasteiger partial charge in [0.05, 0.1) is 5.92 Å². The third kappa shape index (κ3) is 2.39. The standard InChI is InChI=1S/C11H14N4O3/c1-6-4-8(10(17)18)14-11(13-6)15-3-2-7(5-15)9(12)16/h4,7H,2-3,5H2,1H3,(H2,12,16)(H,17,18). The van der Waals surface area contributed by atoms with Gasteiger partial charge in [0, 0.05) is 18.8 Å². The molecule has 0 saturated carbocycles. The minimum Gasteiger partial charge on any atom is -0.477 e. The lowest BCUT2D eigenvalue weighted by Crippen LogP contribution is -2.28. The number of primary amides is 1. The molecule has 1 aromatic rings. The van der Waals surface area contributed by atoms with E-state index >= 15 is 0 Å². The Labute approximate surface area is 104 Å². The van der Waals surface area contributed by atoms with Gasteiger partial charge >= 0.3 is 5.97 Å². The fourth-order valence-corrected chi connectivity index (χ4v) is 1.98. The zero-order valence-corrected chi connectivity index (χ0v) is 9.96. The van der Waals surface area contributed by atoms with Crippen molar-refractivity contribution in [1.29, 1.82) is 0 Å². The lowest BCUT2D eigenvalue weighted by Gasteiger charge is -2.16. The van der Waals surface area contributed by atoms with Crippen LogP contribution in [0.5, 0.6) is 0 Å². The number of nitrogens with two attached hydrogens (primary N) is 1. The summed E-state index contributed by atoms with van der Waals surface area (Å²) in [5.41, 5.74) is 5.79. The van der Waals surface area contributed by atoms with Crippen molar-refractivity contribution in [3.8, 4) is 0 Å². The largest absolute Gasteiger partial charge is 0.477 e. The minimum atomic E-state index is -1.09. The molecule has 1 aromatic heterocycles. The van der Waals surface area contributed by atoms with Crippen LogP contribution in [0.4, 0.5) is 5.95 Å². The molecular formula is C11H14N4O3. The SMILES string of the molecule is Cc1cc(C(=O)O)nc(N2CCC(C(N)=O)C2)n1. The van der Waals surface area contributed by atoms with Crippen LogP contribution >= 0.6 is 0 Å². The first-order valence-electron chi connectivity index (χ1n) is 5.60. The predicted octanol–water partition coefficient (Wildman–Crippen LogP) is -0.205. The fraction of sp³-hybridized carbons (Fsp3) is 0.455. The molecule has 0 aromatic carbocycles. The van der Waals surface area contributed by atoms with Crippen molar-refractivity contribution in [2.45, 2.75) is 13.3 Å². The maximum absolute atomic E-state index is 11.1. The molecule has 1 unspecified atom stereocenters. The van der Waals surface area contributed by atoms with Crippen molar-refractivity contribution in [3.05, 3.63) is 17.5 Å². The molecule has 2 heterocycles. The average Bonchev–Trinajstić information content (AvgIpc) is 2.77. The molecule has 7 nitrogen and oxygen atoms in total. The number of anilines is 1. The van der Waals surface area contributed by atoms with Gasteiger partial charge in [-0.1, -0.05) is 0 Å². The van der Waals surface area contributed by atoms with Crippen molar-refractivity contribution in [2.75, 3.05) is 18.0 Å². The molecule has 0 aliphatic carbocycles. The quantitative estimate of drug-likeness (QED) is 0.768. The number of aromatic carboxylic acids is 1. The van der Waals surface area contributed by atoms with Gasteiger partial charge in [0.1, 0.15) is 0 Å². The summed E-state index contributed by atoms with van der Waals surface area (Å²) < 4.78 is 0. The van der Waals surface area contributed by atoms with Crippen molar-refractivity contribution in [3.63, 3.8) is 0 Å². The molecule has 1 aliphatic heterocycles. The molecule has 1 aliphatic rings. The Balaban J connectivity index is 2.24. The molecule has 0 radical (unpaired) electrons. The molecule has 7 heteroatoms. The second-order valence-corrected chi connectivity index (χ2v) is 4.33. The first-order chi connectivity index (χ1) is 8.47.